The predicted molar refractivity (Wildman–Crippen MR) is 55.6 cm³/mol. The van der Waals surface area contributed by atoms with E-state index in [0.717, 1.165) is 12.0 Å². The van der Waals surface area contributed by atoms with Gasteiger partial charge in [-0.25, -0.2) is 4.98 Å². The van der Waals surface area contributed by atoms with Crippen molar-refractivity contribution in [2.45, 2.75) is 13.3 Å². The van der Waals surface area contributed by atoms with Crippen LogP contribution >= 0.6 is 0 Å². The summed E-state index contributed by atoms with van der Waals surface area (Å²) < 4.78 is 0. The minimum absolute atomic E-state index is 0.122. The van der Waals surface area contributed by atoms with Crippen LogP contribution in [0.15, 0.2) is 30.6 Å². The number of nitrogens with zero attached hydrogens (tertiary/aromatic N) is 2. The fourth-order valence-electron chi connectivity index (χ4n) is 1.38. The van der Waals surface area contributed by atoms with Gasteiger partial charge in [0.2, 0.25) is 5.78 Å². The minimum atomic E-state index is -0.122. The van der Waals surface area contributed by atoms with E-state index in [9.17, 15) is 4.79 Å². The van der Waals surface area contributed by atoms with E-state index in [0.29, 0.717) is 5.56 Å². The third-order valence-corrected chi connectivity index (χ3v) is 2.23. The van der Waals surface area contributed by atoms with Gasteiger partial charge in [-0.05, 0) is 18.1 Å². The summed E-state index contributed by atoms with van der Waals surface area (Å²) in [6.07, 6.45) is 2.24. The molecule has 1 aromatic heterocycles. The van der Waals surface area contributed by atoms with Crippen LogP contribution in [0.3, 0.4) is 0 Å². The molecule has 0 aliphatic carbocycles. The standard InChI is InChI=1S/C11H11N3O/c1-2-8-4-3-5-9(6-8)10(15)11-12-7-13-14-11/h3-7H,2H2,1H3,(H,12,13,14). The van der Waals surface area contributed by atoms with Crippen LogP contribution in [0.5, 0.6) is 0 Å². The van der Waals surface area contributed by atoms with Gasteiger partial charge in [0.25, 0.3) is 0 Å². The number of benzene rings is 1. The first-order valence-electron chi connectivity index (χ1n) is 4.80. The third kappa shape index (κ3) is 1.93. The van der Waals surface area contributed by atoms with E-state index in [1.165, 1.54) is 6.33 Å². The van der Waals surface area contributed by atoms with Crippen molar-refractivity contribution in [1.29, 1.82) is 0 Å². The maximum atomic E-state index is 11.8. The first-order valence-corrected chi connectivity index (χ1v) is 4.80. The summed E-state index contributed by atoms with van der Waals surface area (Å²) in [7, 11) is 0. The molecule has 2 aromatic rings. The Morgan fingerprint density at radius 2 is 2.33 bits per heavy atom. The SMILES string of the molecule is CCc1cccc(C(=O)c2ncn[nH]2)c1. The molecule has 76 valence electrons. The van der Waals surface area contributed by atoms with Crippen LogP contribution in [0.4, 0.5) is 0 Å². The molecule has 2 rings (SSSR count). The molecule has 0 amide bonds. The quantitative estimate of drug-likeness (QED) is 0.767. The number of hydrogen-bond acceptors (Lipinski definition) is 3. The molecule has 0 saturated heterocycles. The Balaban J connectivity index is 2.34. The summed E-state index contributed by atoms with van der Waals surface area (Å²) in [6, 6.07) is 7.54. The lowest BCUT2D eigenvalue weighted by Gasteiger charge is -2.00. The number of carbonyl (C=O) groups is 1. The lowest BCUT2D eigenvalue weighted by molar-refractivity contribution is 0.102. The van der Waals surface area contributed by atoms with E-state index in [1.54, 1.807) is 6.07 Å². The topological polar surface area (TPSA) is 58.6 Å². The average Bonchev–Trinajstić information content (AvgIpc) is 2.81. The van der Waals surface area contributed by atoms with Gasteiger partial charge in [-0.15, -0.1) is 0 Å². The summed E-state index contributed by atoms with van der Waals surface area (Å²) >= 11 is 0. The van der Waals surface area contributed by atoms with Crippen molar-refractivity contribution >= 4 is 5.78 Å². The highest BCUT2D eigenvalue weighted by molar-refractivity contribution is 6.06. The minimum Gasteiger partial charge on any atom is -0.285 e. The number of H-pyrrole nitrogens is 1. The fraction of sp³-hybridized carbons (Fsp3) is 0.182. The Hall–Kier alpha value is -1.97. The maximum absolute atomic E-state index is 11.8. The number of aromatic amines is 1. The molecule has 1 heterocycles. The Labute approximate surface area is 87.4 Å². The van der Waals surface area contributed by atoms with Crippen molar-refractivity contribution in [2.24, 2.45) is 0 Å². The van der Waals surface area contributed by atoms with Gasteiger partial charge in [0.1, 0.15) is 6.33 Å². The largest absolute Gasteiger partial charge is 0.285 e. The smallest absolute Gasteiger partial charge is 0.229 e. The van der Waals surface area contributed by atoms with E-state index < -0.39 is 0 Å². The average molecular weight is 201 g/mol. The fourth-order valence-corrected chi connectivity index (χ4v) is 1.38. The second-order valence-corrected chi connectivity index (χ2v) is 3.22. The Kier molecular flexibility index (Phi) is 2.58. The zero-order valence-electron chi connectivity index (χ0n) is 8.40. The number of hydrogen-bond donors (Lipinski definition) is 1. The van der Waals surface area contributed by atoms with Gasteiger partial charge in [-0.3, -0.25) is 9.89 Å². The Morgan fingerprint density at radius 3 is 3.00 bits per heavy atom. The molecule has 0 atom stereocenters. The molecular weight excluding hydrogens is 190 g/mol. The number of nitrogens with one attached hydrogen (secondary N) is 1. The van der Waals surface area contributed by atoms with Crippen molar-refractivity contribution in [1.82, 2.24) is 15.2 Å². The molecule has 0 radical (unpaired) electrons. The van der Waals surface area contributed by atoms with Gasteiger partial charge in [-0.1, -0.05) is 25.1 Å². The summed E-state index contributed by atoms with van der Waals surface area (Å²) in [5, 5.41) is 6.22. The van der Waals surface area contributed by atoms with Gasteiger partial charge >= 0.3 is 0 Å². The summed E-state index contributed by atoms with van der Waals surface area (Å²) in [6.45, 7) is 2.05. The van der Waals surface area contributed by atoms with Crippen molar-refractivity contribution in [2.75, 3.05) is 0 Å². The number of aryl methyl sites for hydroxylation is 1. The van der Waals surface area contributed by atoms with Crippen molar-refractivity contribution in [3.8, 4) is 0 Å². The van der Waals surface area contributed by atoms with Crippen LogP contribution in [0, 0.1) is 0 Å². The number of ketones is 1. The molecule has 15 heavy (non-hydrogen) atoms. The molecule has 0 fully saturated rings. The second kappa shape index (κ2) is 4.04. The van der Waals surface area contributed by atoms with Crippen LogP contribution < -0.4 is 0 Å². The molecule has 0 unspecified atom stereocenters. The van der Waals surface area contributed by atoms with Gasteiger partial charge < -0.3 is 0 Å². The first kappa shape index (κ1) is 9.58. The van der Waals surface area contributed by atoms with E-state index in [-0.39, 0.29) is 11.6 Å². The van der Waals surface area contributed by atoms with Crippen molar-refractivity contribution < 1.29 is 4.79 Å². The van der Waals surface area contributed by atoms with Crippen LogP contribution in [0.2, 0.25) is 0 Å². The second-order valence-electron chi connectivity index (χ2n) is 3.22. The van der Waals surface area contributed by atoms with Crippen molar-refractivity contribution in [3.63, 3.8) is 0 Å². The molecule has 0 spiro atoms. The van der Waals surface area contributed by atoms with E-state index >= 15 is 0 Å². The molecule has 1 aromatic carbocycles. The highest BCUT2D eigenvalue weighted by atomic mass is 16.1. The Morgan fingerprint density at radius 1 is 1.47 bits per heavy atom. The molecule has 4 heteroatoms. The normalized spacial score (nSPS) is 10.2. The number of rotatable bonds is 3. The lowest BCUT2D eigenvalue weighted by atomic mass is 10.1. The molecule has 4 nitrogen and oxygen atoms in total. The van der Waals surface area contributed by atoms with Crippen LogP contribution in [0.1, 0.15) is 28.7 Å². The van der Waals surface area contributed by atoms with Gasteiger partial charge in [0.05, 0.1) is 0 Å². The monoisotopic (exact) mass is 201 g/mol. The van der Waals surface area contributed by atoms with Crippen LogP contribution in [0.25, 0.3) is 0 Å². The molecule has 0 aliphatic rings. The summed E-state index contributed by atoms with van der Waals surface area (Å²) in [4.78, 5) is 15.7. The van der Waals surface area contributed by atoms with Crippen molar-refractivity contribution in [3.05, 3.63) is 47.5 Å². The molecule has 0 aliphatic heterocycles. The molecule has 1 N–H and O–H groups in total. The maximum Gasteiger partial charge on any atom is 0.229 e. The van der Waals surface area contributed by atoms with Gasteiger partial charge in [0.15, 0.2) is 5.82 Å². The van der Waals surface area contributed by atoms with Crippen LogP contribution in [-0.2, 0) is 6.42 Å². The number of carbonyl (C=O) groups excluding carboxylic acids is 1. The molecule has 0 bridgehead atoms. The molecular formula is C11H11N3O. The highest BCUT2D eigenvalue weighted by Crippen LogP contribution is 2.09. The zero-order chi connectivity index (χ0) is 10.7. The summed E-state index contributed by atoms with van der Waals surface area (Å²) in [5.74, 6) is 0.158. The van der Waals surface area contributed by atoms with Crippen LogP contribution in [-0.4, -0.2) is 21.0 Å². The third-order valence-electron chi connectivity index (χ3n) is 2.23. The van der Waals surface area contributed by atoms with E-state index in [2.05, 4.69) is 22.1 Å². The van der Waals surface area contributed by atoms with E-state index in [4.69, 9.17) is 0 Å². The summed E-state index contributed by atoms with van der Waals surface area (Å²) in [5.41, 5.74) is 1.78. The predicted octanol–water partition coefficient (Wildman–Crippen LogP) is 1.60. The number of aromatic nitrogens is 3. The first-order chi connectivity index (χ1) is 7.31. The zero-order valence-corrected chi connectivity index (χ0v) is 8.40. The molecule has 0 saturated carbocycles. The highest BCUT2D eigenvalue weighted by Gasteiger charge is 2.11. The van der Waals surface area contributed by atoms with Gasteiger partial charge in [-0.2, -0.15) is 5.10 Å². The Bertz CT molecular complexity index is 462. The van der Waals surface area contributed by atoms with Gasteiger partial charge in [0, 0.05) is 5.56 Å². The lowest BCUT2D eigenvalue weighted by Crippen LogP contribution is -2.04. The van der Waals surface area contributed by atoms with E-state index in [1.807, 2.05) is 18.2 Å².